The summed E-state index contributed by atoms with van der Waals surface area (Å²) in [7, 11) is 0. The molecular formula is C23H23N3O2. The van der Waals surface area contributed by atoms with Crippen molar-refractivity contribution >= 4 is 17.1 Å². The predicted molar refractivity (Wildman–Crippen MR) is 111 cm³/mol. The summed E-state index contributed by atoms with van der Waals surface area (Å²) in [5, 5.41) is 0. The fraction of sp³-hybridized carbons (Fsp3) is 0.174. The lowest BCUT2D eigenvalue weighted by Gasteiger charge is -2.21. The second kappa shape index (κ2) is 8.59. The number of fused-ring (bicyclic) bond motifs is 1. The van der Waals surface area contributed by atoms with Gasteiger partial charge in [-0.1, -0.05) is 60.7 Å². The molecule has 0 atom stereocenters. The van der Waals surface area contributed by atoms with Gasteiger partial charge in [0, 0.05) is 18.7 Å². The normalized spacial score (nSPS) is 10.9. The van der Waals surface area contributed by atoms with Gasteiger partial charge < -0.3 is 19.8 Å². The molecule has 0 spiro atoms. The molecule has 0 radical (unpaired) electrons. The maximum Gasteiger partial charge on any atom is 0.298 e. The molecule has 142 valence electrons. The van der Waals surface area contributed by atoms with Gasteiger partial charge >= 0.3 is 0 Å². The van der Waals surface area contributed by atoms with Crippen LogP contribution in [0.2, 0.25) is 0 Å². The minimum absolute atomic E-state index is 0.506. The summed E-state index contributed by atoms with van der Waals surface area (Å²) in [6, 6.07) is 26.5. The summed E-state index contributed by atoms with van der Waals surface area (Å²) in [5.41, 5.74) is 9.66. The van der Waals surface area contributed by atoms with Crippen LogP contribution in [-0.4, -0.2) is 18.1 Å². The molecule has 0 aliphatic heterocycles. The van der Waals surface area contributed by atoms with E-state index in [9.17, 15) is 0 Å². The summed E-state index contributed by atoms with van der Waals surface area (Å²) >= 11 is 0. The fourth-order valence-corrected chi connectivity index (χ4v) is 3.11. The molecule has 0 fully saturated rings. The van der Waals surface area contributed by atoms with Gasteiger partial charge in [0.25, 0.3) is 6.01 Å². The molecule has 2 N–H and O–H groups in total. The van der Waals surface area contributed by atoms with Crippen LogP contribution >= 0.6 is 0 Å². The molecule has 0 saturated heterocycles. The van der Waals surface area contributed by atoms with Crippen LogP contribution in [0, 0.1) is 0 Å². The topological polar surface area (TPSA) is 64.5 Å². The number of aromatic nitrogens is 1. The minimum Gasteiger partial charge on any atom is -0.489 e. The number of hydrogen-bond donors (Lipinski definition) is 1. The van der Waals surface area contributed by atoms with Crippen LogP contribution in [0.3, 0.4) is 0 Å². The summed E-state index contributed by atoms with van der Waals surface area (Å²) in [6.07, 6.45) is 0. The van der Waals surface area contributed by atoms with Crippen LogP contribution in [-0.2, 0) is 13.2 Å². The van der Waals surface area contributed by atoms with Gasteiger partial charge in [-0.05, 0) is 23.8 Å². The van der Waals surface area contributed by atoms with E-state index in [2.05, 4.69) is 23.2 Å². The maximum atomic E-state index is 6.09. The Kier molecular flexibility index (Phi) is 5.54. The molecule has 0 unspecified atom stereocenters. The second-order valence-corrected chi connectivity index (χ2v) is 6.56. The summed E-state index contributed by atoms with van der Waals surface area (Å²) in [6.45, 7) is 2.28. The number of oxazole rings is 1. The van der Waals surface area contributed by atoms with E-state index in [1.54, 1.807) is 0 Å². The summed E-state index contributed by atoms with van der Waals surface area (Å²) in [4.78, 5) is 6.66. The quantitative estimate of drug-likeness (QED) is 0.497. The van der Waals surface area contributed by atoms with E-state index in [4.69, 9.17) is 14.9 Å². The highest BCUT2D eigenvalue weighted by molar-refractivity contribution is 5.74. The molecule has 28 heavy (non-hydrogen) atoms. The zero-order chi connectivity index (χ0) is 19.2. The first-order valence-electron chi connectivity index (χ1n) is 9.39. The van der Waals surface area contributed by atoms with Crippen molar-refractivity contribution in [3.8, 4) is 5.75 Å². The summed E-state index contributed by atoms with van der Waals surface area (Å²) in [5.74, 6) is 0.851. The molecule has 0 bridgehead atoms. The highest BCUT2D eigenvalue weighted by Crippen LogP contribution is 2.26. The van der Waals surface area contributed by atoms with Crippen molar-refractivity contribution in [2.75, 3.05) is 18.0 Å². The van der Waals surface area contributed by atoms with E-state index in [1.807, 2.05) is 65.6 Å². The third-order valence-electron chi connectivity index (χ3n) is 4.52. The van der Waals surface area contributed by atoms with Crippen molar-refractivity contribution in [2.24, 2.45) is 5.73 Å². The van der Waals surface area contributed by atoms with E-state index in [1.165, 1.54) is 0 Å². The minimum atomic E-state index is 0.506. The van der Waals surface area contributed by atoms with E-state index >= 15 is 0 Å². The number of para-hydroxylation sites is 3. The van der Waals surface area contributed by atoms with Crippen LogP contribution in [0.4, 0.5) is 6.01 Å². The molecule has 0 saturated carbocycles. The number of nitrogens with zero attached hydrogens (tertiary/aromatic N) is 2. The Morgan fingerprint density at radius 2 is 1.64 bits per heavy atom. The molecule has 1 aromatic heterocycles. The fourth-order valence-electron chi connectivity index (χ4n) is 3.11. The lowest BCUT2D eigenvalue weighted by atomic mass is 10.2. The van der Waals surface area contributed by atoms with Crippen LogP contribution in [0.15, 0.2) is 83.3 Å². The Balaban J connectivity index is 1.55. The summed E-state index contributed by atoms with van der Waals surface area (Å²) < 4.78 is 12.0. The number of nitrogens with two attached hydrogens (primary N) is 1. The van der Waals surface area contributed by atoms with Gasteiger partial charge in [-0.2, -0.15) is 4.98 Å². The standard InChI is InChI=1S/C23H23N3O2/c24-14-15-26(23-25-20-11-5-7-13-22(20)28-23)16-19-10-4-6-12-21(19)27-17-18-8-2-1-3-9-18/h1-13H,14-17,24H2. The molecule has 0 aliphatic rings. The zero-order valence-electron chi connectivity index (χ0n) is 15.6. The van der Waals surface area contributed by atoms with E-state index in [0.29, 0.717) is 32.3 Å². The van der Waals surface area contributed by atoms with Crippen molar-refractivity contribution < 1.29 is 9.15 Å². The van der Waals surface area contributed by atoms with Gasteiger partial charge in [0.2, 0.25) is 0 Å². The third-order valence-corrected chi connectivity index (χ3v) is 4.52. The molecule has 3 aromatic carbocycles. The molecule has 4 rings (SSSR count). The van der Waals surface area contributed by atoms with Crippen LogP contribution in [0.1, 0.15) is 11.1 Å². The lowest BCUT2D eigenvalue weighted by molar-refractivity contribution is 0.302. The van der Waals surface area contributed by atoms with Gasteiger partial charge in [0.05, 0.1) is 6.54 Å². The number of ether oxygens (including phenoxy) is 1. The smallest absolute Gasteiger partial charge is 0.298 e. The van der Waals surface area contributed by atoms with Crippen molar-refractivity contribution in [1.29, 1.82) is 0 Å². The van der Waals surface area contributed by atoms with Gasteiger partial charge in [0.15, 0.2) is 5.58 Å². The number of hydrogen-bond acceptors (Lipinski definition) is 5. The first-order chi connectivity index (χ1) is 13.8. The molecule has 5 nitrogen and oxygen atoms in total. The average molecular weight is 373 g/mol. The Hall–Kier alpha value is -3.31. The Bertz CT molecular complexity index is 997. The molecule has 0 amide bonds. The maximum absolute atomic E-state index is 6.09. The van der Waals surface area contributed by atoms with Crippen molar-refractivity contribution in [1.82, 2.24) is 4.98 Å². The number of rotatable bonds is 8. The van der Waals surface area contributed by atoms with E-state index in [-0.39, 0.29) is 0 Å². The van der Waals surface area contributed by atoms with Gasteiger partial charge in [-0.15, -0.1) is 0 Å². The van der Waals surface area contributed by atoms with E-state index in [0.717, 1.165) is 28.0 Å². The Morgan fingerprint density at radius 3 is 2.46 bits per heavy atom. The molecule has 4 aromatic rings. The molecular weight excluding hydrogens is 350 g/mol. The van der Waals surface area contributed by atoms with Crippen molar-refractivity contribution in [3.05, 3.63) is 90.0 Å². The Morgan fingerprint density at radius 1 is 0.893 bits per heavy atom. The van der Waals surface area contributed by atoms with Gasteiger partial charge in [0.1, 0.15) is 17.9 Å². The average Bonchev–Trinajstić information content (AvgIpc) is 3.18. The van der Waals surface area contributed by atoms with Crippen molar-refractivity contribution in [3.63, 3.8) is 0 Å². The molecule has 0 aliphatic carbocycles. The lowest BCUT2D eigenvalue weighted by Crippen LogP contribution is -2.29. The first kappa shape index (κ1) is 18.1. The zero-order valence-corrected chi connectivity index (χ0v) is 15.6. The second-order valence-electron chi connectivity index (χ2n) is 6.56. The predicted octanol–water partition coefficient (Wildman–Crippen LogP) is 4.37. The van der Waals surface area contributed by atoms with Crippen LogP contribution < -0.4 is 15.4 Å². The largest absolute Gasteiger partial charge is 0.489 e. The SMILES string of the molecule is NCCN(Cc1ccccc1OCc1ccccc1)c1nc2ccccc2o1. The van der Waals surface area contributed by atoms with Gasteiger partial charge in [-0.25, -0.2) is 0 Å². The molecule has 1 heterocycles. The highest BCUT2D eigenvalue weighted by Gasteiger charge is 2.16. The molecule has 5 heteroatoms. The van der Waals surface area contributed by atoms with Crippen molar-refractivity contribution in [2.45, 2.75) is 13.2 Å². The Labute approximate surface area is 164 Å². The van der Waals surface area contributed by atoms with Crippen LogP contribution in [0.5, 0.6) is 5.75 Å². The number of benzene rings is 3. The third kappa shape index (κ3) is 4.15. The highest BCUT2D eigenvalue weighted by atomic mass is 16.5. The first-order valence-corrected chi connectivity index (χ1v) is 9.39. The van der Waals surface area contributed by atoms with Gasteiger partial charge in [-0.3, -0.25) is 0 Å². The monoisotopic (exact) mass is 373 g/mol. The number of anilines is 1. The van der Waals surface area contributed by atoms with Crippen LogP contribution in [0.25, 0.3) is 11.1 Å². The van der Waals surface area contributed by atoms with E-state index < -0.39 is 0 Å².